The molecule has 0 bridgehead atoms. The van der Waals surface area contributed by atoms with Crippen LogP contribution in [0.1, 0.15) is 47.5 Å². The molecule has 0 aromatic rings. The molecule has 0 aromatic carbocycles. The smallest absolute Gasteiger partial charge is 0.410 e. The maximum atomic E-state index is 12.1. The molecule has 1 atom stereocenters. The van der Waals surface area contributed by atoms with Gasteiger partial charge >= 0.3 is 6.09 Å². The minimum absolute atomic E-state index is 0.165. The molecule has 1 aliphatic heterocycles. The second-order valence-electron chi connectivity index (χ2n) is 7.10. The van der Waals surface area contributed by atoms with E-state index in [-0.39, 0.29) is 6.09 Å². The number of ether oxygens (including phenoxy) is 1. The predicted octanol–water partition coefficient (Wildman–Crippen LogP) is 2.38. The number of hydrogen-bond acceptors (Lipinski definition) is 3. The van der Waals surface area contributed by atoms with Crippen molar-refractivity contribution in [1.29, 1.82) is 0 Å². The van der Waals surface area contributed by atoms with E-state index in [1.54, 1.807) is 0 Å². The largest absolute Gasteiger partial charge is 0.444 e. The highest BCUT2D eigenvalue weighted by atomic mass is 16.6. The zero-order chi connectivity index (χ0) is 13.6. The second-order valence-corrected chi connectivity index (χ2v) is 7.10. The van der Waals surface area contributed by atoms with Gasteiger partial charge in [0, 0.05) is 30.6 Å². The van der Waals surface area contributed by atoms with Crippen LogP contribution < -0.4 is 5.32 Å². The van der Waals surface area contributed by atoms with Crippen LogP contribution in [-0.2, 0) is 4.74 Å². The van der Waals surface area contributed by atoms with E-state index in [2.05, 4.69) is 19.2 Å². The topological polar surface area (TPSA) is 41.6 Å². The van der Waals surface area contributed by atoms with Gasteiger partial charge in [0.15, 0.2) is 0 Å². The molecule has 1 aliphatic carbocycles. The Morgan fingerprint density at radius 1 is 1.39 bits per heavy atom. The summed E-state index contributed by atoms with van der Waals surface area (Å²) in [6, 6.07) is 0.899. The van der Waals surface area contributed by atoms with Gasteiger partial charge in [0.05, 0.1) is 0 Å². The first-order chi connectivity index (χ1) is 8.22. The Morgan fingerprint density at radius 3 is 2.44 bits per heavy atom. The monoisotopic (exact) mass is 254 g/mol. The van der Waals surface area contributed by atoms with E-state index in [0.29, 0.717) is 17.5 Å². The zero-order valence-corrected chi connectivity index (χ0v) is 12.2. The fraction of sp³-hybridized carbons (Fsp3) is 0.929. The summed E-state index contributed by atoms with van der Waals surface area (Å²) < 4.78 is 5.46. The maximum absolute atomic E-state index is 12.1. The van der Waals surface area contributed by atoms with E-state index in [1.165, 1.54) is 12.8 Å². The molecular formula is C14H26N2O2. The first kappa shape index (κ1) is 13.7. The number of nitrogens with zero attached hydrogens (tertiary/aromatic N) is 1. The number of carbonyl (C=O) groups is 1. The van der Waals surface area contributed by atoms with Gasteiger partial charge in [-0.3, -0.25) is 0 Å². The van der Waals surface area contributed by atoms with Gasteiger partial charge in [0.2, 0.25) is 0 Å². The molecule has 1 N–H and O–H groups in total. The Hall–Kier alpha value is -0.770. The summed E-state index contributed by atoms with van der Waals surface area (Å²) in [5.74, 6) is 0. The van der Waals surface area contributed by atoms with Crippen molar-refractivity contribution in [3.8, 4) is 0 Å². The van der Waals surface area contributed by atoms with Crippen LogP contribution in [0.25, 0.3) is 0 Å². The highest BCUT2D eigenvalue weighted by molar-refractivity contribution is 5.69. The third-order valence-electron chi connectivity index (χ3n) is 3.73. The van der Waals surface area contributed by atoms with Crippen LogP contribution in [0.5, 0.6) is 0 Å². The number of hydrogen-bond donors (Lipinski definition) is 1. The van der Waals surface area contributed by atoms with Crippen molar-refractivity contribution in [2.24, 2.45) is 5.41 Å². The summed E-state index contributed by atoms with van der Waals surface area (Å²) >= 11 is 0. The molecule has 2 rings (SSSR count). The Bertz CT molecular complexity index is 329. The van der Waals surface area contributed by atoms with Gasteiger partial charge in [-0.05, 0) is 33.6 Å². The fourth-order valence-corrected chi connectivity index (χ4v) is 2.73. The standard InChI is InChI=1S/C14H26N2O2/c1-10(2)15-11-8-16(9-14(11)6-7-14)12(17)18-13(3,4)5/h10-11,15H,6-9H2,1-5H3. The molecule has 18 heavy (non-hydrogen) atoms. The first-order valence-corrected chi connectivity index (χ1v) is 6.96. The highest BCUT2D eigenvalue weighted by Crippen LogP contribution is 2.53. The SMILES string of the molecule is CC(C)NC1CN(C(=O)OC(C)(C)C)CC12CC2. The fourth-order valence-electron chi connectivity index (χ4n) is 2.73. The lowest BCUT2D eigenvalue weighted by Gasteiger charge is -2.24. The van der Waals surface area contributed by atoms with Gasteiger partial charge < -0.3 is 15.0 Å². The molecule has 1 saturated heterocycles. The molecule has 4 heteroatoms. The molecule has 1 unspecified atom stereocenters. The Labute approximate surface area is 110 Å². The van der Waals surface area contributed by atoms with E-state index in [9.17, 15) is 4.79 Å². The molecule has 4 nitrogen and oxygen atoms in total. The normalized spacial score (nSPS) is 25.9. The average molecular weight is 254 g/mol. The van der Waals surface area contributed by atoms with E-state index in [0.717, 1.165) is 13.1 Å². The van der Waals surface area contributed by atoms with Gasteiger partial charge in [-0.15, -0.1) is 0 Å². The Balaban J connectivity index is 1.95. The average Bonchev–Trinajstić information content (AvgIpc) is 2.83. The van der Waals surface area contributed by atoms with E-state index >= 15 is 0 Å². The molecule has 1 spiro atoms. The second kappa shape index (κ2) is 4.41. The summed E-state index contributed by atoms with van der Waals surface area (Å²) in [6.45, 7) is 11.7. The van der Waals surface area contributed by atoms with Crippen LogP contribution in [0.4, 0.5) is 4.79 Å². The zero-order valence-electron chi connectivity index (χ0n) is 12.2. The van der Waals surface area contributed by atoms with Crippen LogP contribution in [0.3, 0.4) is 0 Å². The van der Waals surface area contributed by atoms with Gasteiger partial charge in [-0.2, -0.15) is 0 Å². The molecule has 1 saturated carbocycles. The van der Waals surface area contributed by atoms with Crippen LogP contribution >= 0.6 is 0 Å². The third-order valence-corrected chi connectivity index (χ3v) is 3.73. The van der Waals surface area contributed by atoms with Crippen LogP contribution in [0, 0.1) is 5.41 Å². The number of carbonyl (C=O) groups excluding carboxylic acids is 1. The maximum Gasteiger partial charge on any atom is 0.410 e. The van der Waals surface area contributed by atoms with Crippen molar-refractivity contribution in [3.63, 3.8) is 0 Å². The molecule has 0 radical (unpaired) electrons. The van der Waals surface area contributed by atoms with Crippen molar-refractivity contribution in [2.45, 2.75) is 65.1 Å². The summed E-state index contributed by atoms with van der Waals surface area (Å²) in [7, 11) is 0. The summed E-state index contributed by atoms with van der Waals surface area (Å²) in [5, 5.41) is 3.59. The van der Waals surface area contributed by atoms with Gasteiger partial charge in [0.25, 0.3) is 0 Å². The van der Waals surface area contributed by atoms with Crippen LogP contribution in [0.15, 0.2) is 0 Å². The number of amides is 1. The number of likely N-dealkylation sites (tertiary alicyclic amines) is 1. The van der Waals surface area contributed by atoms with Crippen molar-refractivity contribution >= 4 is 6.09 Å². The van der Waals surface area contributed by atoms with E-state index < -0.39 is 5.60 Å². The van der Waals surface area contributed by atoms with Crippen molar-refractivity contribution in [2.75, 3.05) is 13.1 Å². The first-order valence-electron chi connectivity index (χ1n) is 6.96. The van der Waals surface area contributed by atoms with Gasteiger partial charge in [-0.25, -0.2) is 4.79 Å². The van der Waals surface area contributed by atoms with Gasteiger partial charge in [0.1, 0.15) is 5.60 Å². The lowest BCUT2D eigenvalue weighted by atomic mass is 10.0. The molecule has 0 aromatic heterocycles. The lowest BCUT2D eigenvalue weighted by molar-refractivity contribution is 0.0283. The minimum atomic E-state index is -0.405. The van der Waals surface area contributed by atoms with E-state index in [4.69, 9.17) is 4.74 Å². The molecule has 1 amide bonds. The Morgan fingerprint density at radius 2 is 2.00 bits per heavy atom. The van der Waals surface area contributed by atoms with Crippen LogP contribution in [-0.4, -0.2) is 41.8 Å². The summed E-state index contributed by atoms with van der Waals surface area (Å²) in [4.78, 5) is 14.0. The van der Waals surface area contributed by atoms with Crippen LogP contribution in [0.2, 0.25) is 0 Å². The summed E-state index contributed by atoms with van der Waals surface area (Å²) in [5.41, 5.74) is -0.0709. The molecule has 104 valence electrons. The molecule has 2 aliphatic rings. The van der Waals surface area contributed by atoms with Crippen molar-refractivity contribution in [3.05, 3.63) is 0 Å². The quantitative estimate of drug-likeness (QED) is 0.822. The molecule has 1 heterocycles. The van der Waals surface area contributed by atoms with Gasteiger partial charge in [-0.1, -0.05) is 13.8 Å². The lowest BCUT2D eigenvalue weighted by Crippen LogP contribution is -2.42. The Kier molecular flexibility index (Phi) is 3.34. The predicted molar refractivity (Wildman–Crippen MR) is 71.5 cm³/mol. The summed E-state index contributed by atoms with van der Waals surface area (Å²) in [6.07, 6.45) is 2.30. The number of rotatable bonds is 2. The van der Waals surface area contributed by atoms with E-state index in [1.807, 2.05) is 25.7 Å². The van der Waals surface area contributed by atoms with Crippen molar-refractivity contribution < 1.29 is 9.53 Å². The molecular weight excluding hydrogens is 228 g/mol. The minimum Gasteiger partial charge on any atom is -0.444 e. The highest BCUT2D eigenvalue weighted by Gasteiger charge is 2.56. The third kappa shape index (κ3) is 2.97. The number of nitrogens with one attached hydrogen (secondary N) is 1. The van der Waals surface area contributed by atoms with Crippen molar-refractivity contribution in [1.82, 2.24) is 10.2 Å². The molecule has 2 fully saturated rings.